The van der Waals surface area contributed by atoms with Gasteiger partial charge in [-0.3, -0.25) is 14.9 Å². The van der Waals surface area contributed by atoms with Crippen molar-refractivity contribution in [2.24, 2.45) is 0 Å². The number of carbonyl (C=O) groups is 4. The third kappa shape index (κ3) is 14.6. The Balaban J connectivity index is 1.05. The summed E-state index contributed by atoms with van der Waals surface area (Å²) >= 11 is 0. The predicted octanol–water partition coefficient (Wildman–Crippen LogP) is 7.44. The van der Waals surface area contributed by atoms with Crippen molar-refractivity contribution < 1.29 is 28.7 Å². The number of ether oxygens (including phenoxy) is 2. The van der Waals surface area contributed by atoms with Crippen LogP contribution in [0.25, 0.3) is 11.1 Å². The van der Waals surface area contributed by atoms with Gasteiger partial charge in [0.15, 0.2) is 0 Å². The van der Waals surface area contributed by atoms with E-state index in [4.69, 9.17) is 9.47 Å². The second kappa shape index (κ2) is 21.1. The molecule has 0 aromatic heterocycles. The van der Waals surface area contributed by atoms with Crippen LogP contribution in [0.1, 0.15) is 69.7 Å². The maximum atomic E-state index is 12.9. The minimum absolute atomic E-state index is 0.0749. The number of nitrogens with one attached hydrogen (secondary N) is 2. The maximum absolute atomic E-state index is 12.9. The van der Waals surface area contributed by atoms with Crippen LogP contribution in [0, 0.1) is 0 Å². The van der Waals surface area contributed by atoms with E-state index < -0.39 is 11.7 Å². The normalized spacial score (nSPS) is 13.4. The van der Waals surface area contributed by atoms with Crippen LogP contribution in [0.3, 0.4) is 0 Å². The second-order valence-corrected chi connectivity index (χ2v) is 15.2. The molecule has 0 saturated carbocycles. The molecule has 0 spiro atoms. The van der Waals surface area contributed by atoms with E-state index in [9.17, 15) is 19.2 Å². The first-order chi connectivity index (χ1) is 26.3. The van der Waals surface area contributed by atoms with Crippen molar-refractivity contribution in [3.05, 3.63) is 84.4 Å². The number of anilines is 2. The Bertz CT molecular complexity index is 1670. The van der Waals surface area contributed by atoms with Gasteiger partial charge in [0.2, 0.25) is 5.91 Å². The lowest BCUT2D eigenvalue weighted by atomic mass is 10.0. The fourth-order valence-corrected chi connectivity index (χ4v) is 6.27. The monoisotopic (exact) mass is 756 g/mol. The first-order valence-corrected chi connectivity index (χ1v) is 19.4. The van der Waals surface area contributed by atoms with Crippen molar-refractivity contribution in [2.45, 2.75) is 71.0 Å². The van der Waals surface area contributed by atoms with Crippen LogP contribution in [-0.4, -0.2) is 122 Å². The molecule has 1 aliphatic rings. The van der Waals surface area contributed by atoms with Crippen LogP contribution in [-0.2, 0) is 14.3 Å². The lowest BCUT2D eigenvalue weighted by Gasteiger charge is -2.32. The number of piperidine rings is 1. The summed E-state index contributed by atoms with van der Waals surface area (Å²) in [7, 11) is 5.31. The average Bonchev–Trinajstić information content (AvgIpc) is 3.17. The molecule has 1 saturated heterocycles. The molecule has 12 heteroatoms. The Morgan fingerprint density at radius 1 is 0.764 bits per heavy atom. The van der Waals surface area contributed by atoms with Crippen LogP contribution in [0.2, 0.25) is 0 Å². The molecule has 0 unspecified atom stereocenters. The first kappa shape index (κ1) is 42.6. The number of carbonyl (C=O) groups excluding carboxylic acids is 4. The maximum Gasteiger partial charge on any atom is 0.411 e. The molecule has 12 nitrogen and oxygen atoms in total. The fraction of sp³-hybridized carbons (Fsp3) is 0.488. The van der Waals surface area contributed by atoms with Crippen molar-refractivity contribution in [3.8, 4) is 11.1 Å². The number of likely N-dealkylation sites (N-methyl/N-ethyl adjacent to an activating group) is 1. The van der Waals surface area contributed by atoms with Crippen molar-refractivity contribution in [3.63, 3.8) is 0 Å². The van der Waals surface area contributed by atoms with Crippen LogP contribution in [0.5, 0.6) is 0 Å². The van der Waals surface area contributed by atoms with Crippen molar-refractivity contribution in [1.29, 1.82) is 0 Å². The van der Waals surface area contributed by atoms with E-state index in [1.165, 1.54) is 4.90 Å². The van der Waals surface area contributed by atoms with Crippen LogP contribution in [0.4, 0.5) is 21.0 Å². The summed E-state index contributed by atoms with van der Waals surface area (Å²) in [6.07, 6.45) is 3.31. The molecule has 55 heavy (non-hydrogen) atoms. The zero-order chi connectivity index (χ0) is 39.8. The molecule has 1 fully saturated rings. The van der Waals surface area contributed by atoms with E-state index in [0.29, 0.717) is 38.0 Å². The van der Waals surface area contributed by atoms with Gasteiger partial charge in [0.25, 0.3) is 5.91 Å². The summed E-state index contributed by atoms with van der Waals surface area (Å²) in [6.45, 7) is 10.3. The molecule has 0 bridgehead atoms. The Morgan fingerprint density at radius 3 is 2.11 bits per heavy atom. The van der Waals surface area contributed by atoms with Crippen molar-refractivity contribution >= 4 is 35.4 Å². The van der Waals surface area contributed by atoms with Gasteiger partial charge in [0, 0.05) is 90.2 Å². The van der Waals surface area contributed by atoms with Crippen molar-refractivity contribution in [1.82, 2.24) is 19.6 Å². The smallest absolute Gasteiger partial charge is 0.411 e. The molecule has 4 rings (SSSR count). The average molecular weight is 757 g/mol. The van der Waals surface area contributed by atoms with Gasteiger partial charge in [0.05, 0.1) is 5.69 Å². The highest BCUT2D eigenvalue weighted by Gasteiger charge is 2.24. The number of likely N-dealkylation sites (tertiary alicyclic amines) is 1. The minimum atomic E-state index is -0.546. The highest BCUT2D eigenvalue weighted by Crippen LogP contribution is 2.28. The van der Waals surface area contributed by atoms with Gasteiger partial charge in [-0.2, -0.15) is 0 Å². The molecule has 298 valence electrons. The number of hydrogen-bond acceptors (Lipinski definition) is 8. The van der Waals surface area contributed by atoms with E-state index in [2.05, 4.69) is 15.5 Å². The molecule has 1 aliphatic heterocycles. The van der Waals surface area contributed by atoms with Gasteiger partial charge >= 0.3 is 12.2 Å². The van der Waals surface area contributed by atoms with Gasteiger partial charge < -0.3 is 34.4 Å². The van der Waals surface area contributed by atoms with E-state index in [0.717, 1.165) is 74.4 Å². The zero-order valence-electron chi connectivity index (χ0n) is 33.5. The number of benzene rings is 3. The molecule has 4 amide bonds. The molecule has 0 atom stereocenters. The summed E-state index contributed by atoms with van der Waals surface area (Å²) in [6, 6.07) is 25.1. The summed E-state index contributed by atoms with van der Waals surface area (Å²) < 4.78 is 11.1. The van der Waals surface area contributed by atoms with Crippen molar-refractivity contribution in [2.75, 3.05) is 77.6 Å². The highest BCUT2D eigenvalue weighted by molar-refractivity contribution is 5.94. The van der Waals surface area contributed by atoms with Crippen LogP contribution >= 0.6 is 0 Å². The Kier molecular flexibility index (Phi) is 16.4. The molecule has 3 aromatic rings. The van der Waals surface area contributed by atoms with E-state index in [1.54, 1.807) is 23.9 Å². The molecule has 1 heterocycles. The summed E-state index contributed by atoms with van der Waals surface area (Å²) in [5.41, 5.74) is 3.68. The molecule has 2 N–H and O–H groups in total. The third-order valence-corrected chi connectivity index (χ3v) is 9.55. The lowest BCUT2D eigenvalue weighted by Crippen LogP contribution is -2.42. The number of unbranched alkanes of at least 4 members (excludes halogenated alkanes) is 1. The molecule has 0 aliphatic carbocycles. The molecule has 0 radical (unpaired) electrons. The number of para-hydroxylation sites is 1. The minimum Gasteiger partial charge on any atom is -0.446 e. The number of nitrogens with zero attached hydrogens (tertiary/aromatic N) is 4. The van der Waals surface area contributed by atoms with Gasteiger partial charge in [-0.05, 0) is 88.8 Å². The van der Waals surface area contributed by atoms with Gasteiger partial charge in [-0.25, -0.2) is 9.59 Å². The zero-order valence-corrected chi connectivity index (χ0v) is 33.5. The van der Waals surface area contributed by atoms with E-state index in [1.807, 2.05) is 107 Å². The number of rotatable bonds is 17. The molecular formula is C43H60N6O6. The van der Waals surface area contributed by atoms with Gasteiger partial charge in [0.1, 0.15) is 11.7 Å². The quantitative estimate of drug-likeness (QED) is 0.136. The van der Waals surface area contributed by atoms with E-state index in [-0.39, 0.29) is 24.0 Å². The van der Waals surface area contributed by atoms with Gasteiger partial charge in [-0.15, -0.1) is 0 Å². The fourth-order valence-electron chi connectivity index (χ4n) is 6.27. The Morgan fingerprint density at radius 2 is 1.42 bits per heavy atom. The highest BCUT2D eigenvalue weighted by atomic mass is 16.6. The molecular weight excluding hydrogens is 697 g/mol. The Hall–Kier alpha value is -5.10. The number of hydrogen-bond donors (Lipinski definition) is 2. The topological polar surface area (TPSA) is 124 Å². The second-order valence-electron chi connectivity index (χ2n) is 15.2. The Labute approximate surface area is 327 Å². The third-order valence-electron chi connectivity index (χ3n) is 9.55. The number of amides is 4. The summed E-state index contributed by atoms with van der Waals surface area (Å²) in [5, 5.41) is 6.31. The SMILES string of the molecule is CN(CCN1CCC(OC(=O)Nc2ccccc2-c2ccccc2)CC1)C(=O)CCCCNc1ccc(C(=O)N(C)CCCN(C)C(=O)OC(C)(C)C)cc1. The largest absolute Gasteiger partial charge is 0.446 e. The summed E-state index contributed by atoms with van der Waals surface area (Å²) in [4.78, 5) is 57.9. The standard InChI is InChI=1S/C43H60N6O6/c1-43(2,3)55-42(53)48(6)28-14-27-47(5)40(51)34-20-22-35(23-21-34)44-26-13-12-19-39(50)46(4)31-32-49-29-24-36(25-30-49)54-41(52)45-38-18-11-10-17-37(38)33-15-8-7-9-16-33/h7-11,15-18,20-23,36,44H,12-14,19,24-32H2,1-6H3,(H,45,52). The molecule has 3 aromatic carbocycles. The van der Waals surface area contributed by atoms with Gasteiger partial charge in [-0.1, -0.05) is 48.5 Å². The van der Waals surface area contributed by atoms with E-state index >= 15 is 0 Å². The predicted molar refractivity (Wildman–Crippen MR) is 218 cm³/mol. The van der Waals surface area contributed by atoms with Crippen LogP contribution < -0.4 is 10.6 Å². The lowest BCUT2D eigenvalue weighted by molar-refractivity contribution is -0.130. The first-order valence-electron chi connectivity index (χ1n) is 19.4. The summed E-state index contributed by atoms with van der Waals surface area (Å²) in [5.74, 6) is 0.0586. The van der Waals surface area contributed by atoms with Crippen LogP contribution in [0.15, 0.2) is 78.9 Å².